The SMILES string of the molecule is NCCCN(Cc1cccs1)C[C@H]1CCCO1. The monoisotopic (exact) mass is 254 g/mol. The quantitative estimate of drug-likeness (QED) is 0.809. The lowest BCUT2D eigenvalue weighted by atomic mass is 10.2. The van der Waals surface area contributed by atoms with Gasteiger partial charge in [-0.3, -0.25) is 4.90 Å². The maximum absolute atomic E-state index is 5.71. The van der Waals surface area contributed by atoms with Gasteiger partial charge in [0, 0.05) is 24.6 Å². The smallest absolute Gasteiger partial charge is 0.0702 e. The van der Waals surface area contributed by atoms with Crippen molar-refractivity contribution in [1.82, 2.24) is 4.90 Å². The van der Waals surface area contributed by atoms with Crippen LogP contribution in [0.5, 0.6) is 0 Å². The zero-order valence-corrected chi connectivity index (χ0v) is 11.1. The molecule has 1 aromatic heterocycles. The third kappa shape index (κ3) is 4.39. The summed E-state index contributed by atoms with van der Waals surface area (Å²) in [7, 11) is 0. The molecule has 2 heterocycles. The van der Waals surface area contributed by atoms with Gasteiger partial charge in [-0.25, -0.2) is 0 Å². The first-order valence-corrected chi connectivity index (χ1v) is 7.33. The Morgan fingerprint density at radius 3 is 3.12 bits per heavy atom. The Morgan fingerprint density at radius 1 is 1.53 bits per heavy atom. The van der Waals surface area contributed by atoms with Gasteiger partial charge in [-0.05, 0) is 43.8 Å². The standard InChI is InChI=1S/C13H22N2OS/c14-6-3-7-15(10-12-4-1-8-16-12)11-13-5-2-9-17-13/h2,5,9,12H,1,3-4,6-8,10-11,14H2/t12-/m1/s1. The molecule has 0 aliphatic carbocycles. The summed E-state index contributed by atoms with van der Waals surface area (Å²) in [6.45, 7) is 4.88. The number of rotatable bonds is 7. The van der Waals surface area contributed by atoms with Gasteiger partial charge in [-0.15, -0.1) is 11.3 Å². The average molecular weight is 254 g/mol. The lowest BCUT2D eigenvalue weighted by molar-refractivity contribution is 0.0707. The third-order valence-corrected chi connectivity index (χ3v) is 3.98. The summed E-state index contributed by atoms with van der Waals surface area (Å²) in [6.07, 6.45) is 3.93. The molecule has 1 atom stereocenters. The summed E-state index contributed by atoms with van der Waals surface area (Å²) < 4.78 is 5.71. The predicted molar refractivity (Wildman–Crippen MR) is 72.2 cm³/mol. The Bertz CT molecular complexity index is 296. The minimum Gasteiger partial charge on any atom is -0.377 e. The Kier molecular flexibility index (Phi) is 5.45. The summed E-state index contributed by atoms with van der Waals surface area (Å²) in [5, 5.41) is 2.14. The highest BCUT2D eigenvalue weighted by atomic mass is 32.1. The number of hydrogen-bond acceptors (Lipinski definition) is 4. The Morgan fingerprint density at radius 2 is 2.47 bits per heavy atom. The molecule has 3 nitrogen and oxygen atoms in total. The summed E-state index contributed by atoms with van der Waals surface area (Å²) in [4.78, 5) is 3.91. The molecule has 1 fully saturated rings. The van der Waals surface area contributed by atoms with Gasteiger partial charge in [0.1, 0.15) is 0 Å². The van der Waals surface area contributed by atoms with Crippen molar-refractivity contribution in [3.8, 4) is 0 Å². The second-order valence-electron chi connectivity index (χ2n) is 4.59. The van der Waals surface area contributed by atoms with Crippen LogP contribution in [0.3, 0.4) is 0 Å². The highest BCUT2D eigenvalue weighted by Gasteiger charge is 2.19. The van der Waals surface area contributed by atoms with Crippen molar-refractivity contribution >= 4 is 11.3 Å². The fourth-order valence-electron chi connectivity index (χ4n) is 2.25. The molecular formula is C13H22N2OS. The second-order valence-corrected chi connectivity index (χ2v) is 5.62. The molecule has 4 heteroatoms. The van der Waals surface area contributed by atoms with E-state index in [0.29, 0.717) is 6.10 Å². The van der Waals surface area contributed by atoms with Crippen molar-refractivity contribution in [3.63, 3.8) is 0 Å². The first-order valence-electron chi connectivity index (χ1n) is 6.45. The minimum absolute atomic E-state index is 0.438. The van der Waals surface area contributed by atoms with E-state index < -0.39 is 0 Å². The van der Waals surface area contributed by atoms with E-state index in [9.17, 15) is 0 Å². The van der Waals surface area contributed by atoms with E-state index >= 15 is 0 Å². The zero-order valence-electron chi connectivity index (χ0n) is 10.3. The topological polar surface area (TPSA) is 38.5 Å². The van der Waals surface area contributed by atoms with Crippen molar-refractivity contribution in [2.75, 3.05) is 26.2 Å². The van der Waals surface area contributed by atoms with Crippen LogP contribution in [0.1, 0.15) is 24.1 Å². The molecule has 2 N–H and O–H groups in total. The second kappa shape index (κ2) is 7.11. The molecule has 1 aromatic rings. The van der Waals surface area contributed by atoms with Crippen molar-refractivity contribution in [2.45, 2.75) is 31.9 Å². The third-order valence-electron chi connectivity index (χ3n) is 3.12. The van der Waals surface area contributed by atoms with Gasteiger partial charge in [-0.1, -0.05) is 6.07 Å². The van der Waals surface area contributed by atoms with Crippen molar-refractivity contribution in [1.29, 1.82) is 0 Å². The molecule has 1 aliphatic heterocycles. The number of thiophene rings is 1. The molecule has 0 spiro atoms. The first-order chi connectivity index (χ1) is 8.38. The van der Waals surface area contributed by atoms with Gasteiger partial charge < -0.3 is 10.5 Å². The Labute approximate surface area is 108 Å². The van der Waals surface area contributed by atoms with Crippen molar-refractivity contribution < 1.29 is 4.74 Å². The molecule has 0 unspecified atom stereocenters. The van der Waals surface area contributed by atoms with Crippen LogP contribution >= 0.6 is 11.3 Å². The summed E-state index contributed by atoms with van der Waals surface area (Å²) >= 11 is 1.83. The van der Waals surface area contributed by atoms with Crippen LogP contribution in [-0.4, -0.2) is 37.2 Å². The molecule has 96 valence electrons. The van der Waals surface area contributed by atoms with E-state index in [0.717, 1.165) is 39.2 Å². The zero-order chi connectivity index (χ0) is 11.9. The highest BCUT2D eigenvalue weighted by Crippen LogP contribution is 2.17. The molecule has 0 bridgehead atoms. The van der Waals surface area contributed by atoms with Gasteiger partial charge >= 0.3 is 0 Å². The number of nitrogens with two attached hydrogens (primary N) is 1. The molecule has 1 saturated heterocycles. The van der Waals surface area contributed by atoms with Crippen LogP contribution in [0.4, 0.5) is 0 Å². The van der Waals surface area contributed by atoms with Crippen LogP contribution in [-0.2, 0) is 11.3 Å². The minimum atomic E-state index is 0.438. The molecular weight excluding hydrogens is 232 g/mol. The molecule has 0 aromatic carbocycles. The fraction of sp³-hybridized carbons (Fsp3) is 0.692. The van der Waals surface area contributed by atoms with Crippen LogP contribution < -0.4 is 5.73 Å². The molecule has 0 radical (unpaired) electrons. The predicted octanol–water partition coefficient (Wildman–Crippen LogP) is 2.08. The van der Waals surface area contributed by atoms with Gasteiger partial charge in [0.2, 0.25) is 0 Å². The summed E-state index contributed by atoms with van der Waals surface area (Å²) in [5.41, 5.74) is 5.60. The van der Waals surface area contributed by atoms with Crippen molar-refractivity contribution in [2.24, 2.45) is 5.73 Å². The van der Waals surface area contributed by atoms with Gasteiger partial charge in [0.15, 0.2) is 0 Å². The van der Waals surface area contributed by atoms with E-state index in [-0.39, 0.29) is 0 Å². The maximum atomic E-state index is 5.71. The van der Waals surface area contributed by atoms with E-state index in [2.05, 4.69) is 22.4 Å². The Hall–Kier alpha value is -0.420. The maximum Gasteiger partial charge on any atom is 0.0702 e. The molecule has 0 saturated carbocycles. The van der Waals surface area contributed by atoms with Gasteiger partial charge in [-0.2, -0.15) is 0 Å². The van der Waals surface area contributed by atoms with Crippen LogP contribution in [0, 0.1) is 0 Å². The molecule has 0 amide bonds. The van der Waals surface area contributed by atoms with Crippen LogP contribution in [0.15, 0.2) is 17.5 Å². The highest BCUT2D eigenvalue weighted by molar-refractivity contribution is 7.09. The normalized spacial score (nSPS) is 20.2. The summed E-state index contributed by atoms with van der Waals surface area (Å²) in [5.74, 6) is 0. The van der Waals surface area contributed by atoms with Crippen LogP contribution in [0.25, 0.3) is 0 Å². The lowest BCUT2D eigenvalue weighted by Crippen LogP contribution is -2.33. The van der Waals surface area contributed by atoms with Gasteiger partial charge in [0.05, 0.1) is 6.10 Å². The van der Waals surface area contributed by atoms with Crippen LogP contribution in [0.2, 0.25) is 0 Å². The molecule has 17 heavy (non-hydrogen) atoms. The molecule has 2 rings (SSSR count). The average Bonchev–Trinajstić information content (AvgIpc) is 2.99. The number of nitrogens with zero attached hydrogens (tertiary/aromatic N) is 1. The summed E-state index contributed by atoms with van der Waals surface area (Å²) in [6, 6.07) is 4.32. The number of hydrogen-bond donors (Lipinski definition) is 1. The van der Waals surface area contributed by atoms with E-state index in [4.69, 9.17) is 10.5 Å². The Balaban J connectivity index is 1.83. The first kappa shape index (κ1) is 13.0. The van der Waals surface area contributed by atoms with E-state index in [1.54, 1.807) is 0 Å². The largest absolute Gasteiger partial charge is 0.377 e. The molecule has 1 aliphatic rings. The van der Waals surface area contributed by atoms with E-state index in [1.807, 2.05) is 11.3 Å². The van der Waals surface area contributed by atoms with Crippen molar-refractivity contribution in [3.05, 3.63) is 22.4 Å². The lowest BCUT2D eigenvalue weighted by Gasteiger charge is -2.24. The number of ether oxygens (including phenoxy) is 1. The van der Waals surface area contributed by atoms with Gasteiger partial charge in [0.25, 0.3) is 0 Å². The van der Waals surface area contributed by atoms with E-state index in [1.165, 1.54) is 17.7 Å². The fourth-order valence-corrected chi connectivity index (χ4v) is 3.00.